The fourth-order valence-electron chi connectivity index (χ4n) is 9.42. The van der Waals surface area contributed by atoms with Crippen molar-refractivity contribution in [3.63, 3.8) is 0 Å². The summed E-state index contributed by atoms with van der Waals surface area (Å²) in [6, 6.07) is 24.8. The van der Waals surface area contributed by atoms with E-state index in [2.05, 4.69) is 18.3 Å². The highest BCUT2D eigenvalue weighted by atomic mass is 16.8. The number of carbonyl (C=O) groups excluding carboxylic acids is 3. The van der Waals surface area contributed by atoms with Gasteiger partial charge in [0.25, 0.3) is 5.91 Å². The maximum atomic E-state index is 14.2. The molecule has 3 aromatic carbocycles. The highest BCUT2D eigenvalue weighted by molar-refractivity contribution is 5.95. The number of aliphatic hydroxyl groups excluding tert-OH is 1. The van der Waals surface area contributed by atoms with Crippen molar-refractivity contribution in [2.75, 3.05) is 0 Å². The van der Waals surface area contributed by atoms with Gasteiger partial charge in [0.05, 0.1) is 17.7 Å². The number of ether oxygens (including phenoxy) is 4. The minimum atomic E-state index is -1.82. The molecule has 1 unspecified atom stereocenters. The summed E-state index contributed by atoms with van der Waals surface area (Å²) in [7, 11) is 0. The van der Waals surface area contributed by atoms with Crippen molar-refractivity contribution in [3.8, 4) is 0 Å². The molecule has 2 bridgehead atoms. The molecule has 10 heteroatoms. The summed E-state index contributed by atoms with van der Waals surface area (Å²) in [6.07, 6.45) is 0.224. The van der Waals surface area contributed by atoms with E-state index in [9.17, 15) is 24.6 Å². The fourth-order valence-corrected chi connectivity index (χ4v) is 9.42. The van der Waals surface area contributed by atoms with Crippen molar-refractivity contribution >= 4 is 17.8 Å². The minimum absolute atomic E-state index is 0.144. The molecular weight excluding hydrogens is 698 g/mol. The summed E-state index contributed by atoms with van der Waals surface area (Å²) < 4.78 is 26.2. The van der Waals surface area contributed by atoms with Gasteiger partial charge in [-0.05, 0) is 74.6 Å². The van der Waals surface area contributed by atoms with Crippen molar-refractivity contribution in [3.05, 3.63) is 131 Å². The molecular formula is C45H51NO9. The molecule has 7 rings (SSSR count). The predicted molar refractivity (Wildman–Crippen MR) is 204 cm³/mol. The summed E-state index contributed by atoms with van der Waals surface area (Å²) in [5.74, 6) is -3.57. The average molecular weight is 750 g/mol. The molecule has 0 radical (unpaired) electrons. The molecule has 3 aliphatic carbocycles. The standard InChI is InChI=1S/C45H51NO9/c1-27-32(52-41(50)35(47)34(28-18-10-7-11-19-28)46-39(48)29-20-12-8-13-21-29)26-45(51)37(53-40(49)30-22-14-9-15-23-30)31-24-16-17-25-44(31,6)38-36(33(27)42(45,2)3)54-43(4,5)55-38/h7-16,18-24,31-32,34-38,47,51H,17,25-26H2,1-6H3,(H,46,48)/t31-,32?,34-,35+,36+,37-,38-,44+,45+/m0/s1. The Morgan fingerprint density at radius 1 is 0.836 bits per heavy atom. The number of carbonyl (C=O) groups is 3. The van der Waals surface area contributed by atoms with Crippen molar-refractivity contribution in [1.82, 2.24) is 5.32 Å². The Morgan fingerprint density at radius 2 is 1.44 bits per heavy atom. The molecule has 3 N–H and O–H groups in total. The molecule has 1 heterocycles. The second kappa shape index (κ2) is 14.5. The summed E-state index contributed by atoms with van der Waals surface area (Å²) in [6.45, 7) is 11.5. The zero-order chi connectivity index (χ0) is 39.3. The van der Waals surface area contributed by atoms with Gasteiger partial charge in [-0.2, -0.15) is 0 Å². The van der Waals surface area contributed by atoms with E-state index in [1.165, 1.54) is 0 Å². The first-order valence-corrected chi connectivity index (χ1v) is 19.1. The van der Waals surface area contributed by atoms with Crippen LogP contribution in [0, 0.1) is 16.7 Å². The third kappa shape index (κ3) is 6.84. The highest BCUT2D eigenvalue weighted by Gasteiger charge is 2.69. The van der Waals surface area contributed by atoms with Crippen LogP contribution in [0.25, 0.3) is 0 Å². The third-order valence-corrected chi connectivity index (χ3v) is 12.5. The molecule has 290 valence electrons. The van der Waals surface area contributed by atoms with Crippen molar-refractivity contribution in [2.24, 2.45) is 16.7 Å². The number of fused-ring (bicyclic) bond motifs is 6. The fraction of sp³-hybridized carbons (Fsp3) is 0.444. The number of esters is 2. The largest absolute Gasteiger partial charge is 0.456 e. The van der Waals surface area contributed by atoms with E-state index in [0.717, 1.165) is 6.42 Å². The first kappa shape index (κ1) is 38.7. The first-order chi connectivity index (χ1) is 26.1. The maximum absolute atomic E-state index is 14.2. The monoisotopic (exact) mass is 749 g/mol. The van der Waals surface area contributed by atoms with Crippen LogP contribution in [-0.4, -0.2) is 70.0 Å². The zero-order valence-electron chi connectivity index (χ0n) is 32.2. The van der Waals surface area contributed by atoms with Gasteiger partial charge in [-0.15, -0.1) is 0 Å². The molecule has 3 aromatic rings. The lowest BCUT2D eigenvalue weighted by molar-refractivity contribution is -0.213. The number of aliphatic hydroxyl groups is 2. The number of hydrogen-bond donors (Lipinski definition) is 3. The van der Waals surface area contributed by atoms with E-state index in [4.69, 9.17) is 18.9 Å². The molecule has 2 fully saturated rings. The van der Waals surface area contributed by atoms with Crippen molar-refractivity contribution in [1.29, 1.82) is 0 Å². The third-order valence-electron chi connectivity index (χ3n) is 12.5. The van der Waals surface area contributed by atoms with Gasteiger partial charge in [-0.3, -0.25) is 4.79 Å². The topological polar surface area (TPSA) is 141 Å². The van der Waals surface area contributed by atoms with Crippen LogP contribution in [0.5, 0.6) is 0 Å². The van der Waals surface area contributed by atoms with E-state index in [1.54, 1.807) is 84.9 Å². The molecule has 9 atom stereocenters. The van der Waals surface area contributed by atoms with Crippen LogP contribution in [-0.2, 0) is 23.7 Å². The van der Waals surface area contributed by atoms with Crippen LogP contribution >= 0.6 is 0 Å². The molecule has 0 aromatic heterocycles. The molecule has 1 saturated carbocycles. The van der Waals surface area contributed by atoms with Crippen molar-refractivity contribution in [2.45, 2.75) is 109 Å². The second-order valence-corrected chi connectivity index (χ2v) is 16.6. The molecule has 10 nitrogen and oxygen atoms in total. The van der Waals surface area contributed by atoms with Crippen molar-refractivity contribution < 1.29 is 43.5 Å². The summed E-state index contributed by atoms with van der Waals surface area (Å²) >= 11 is 0. The van der Waals surface area contributed by atoms with Gasteiger partial charge in [0.15, 0.2) is 11.9 Å². The van der Waals surface area contributed by atoms with Gasteiger partial charge >= 0.3 is 11.9 Å². The lowest BCUT2D eigenvalue weighted by Crippen LogP contribution is -2.69. The van der Waals surface area contributed by atoms with Crippen LogP contribution in [0.1, 0.15) is 93.1 Å². The molecule has 55 heavy (non-hydrogen) atoms. The van der Waals surface area contributed by atoms with E-state index in [1.807, 2.05) is 46.8 Å². The molecule has 1 amide bonds. The van der Waals surface area contributed by atoms with Gasteiger partial charge in [0.2, 0.25) is 0 Å². The molecule has 4 aliphatic rings. The quantitative estimate of drug-likeness (QED) is 0.171. The normalized spacial score (nSPS) is 31.5. The molecule has 1 aliphatic heterocycles. The van der Waals surface area contributed by atoms with Crippen LogP contribution in [0.4, 0.5) is 0 Å². The smallest absolute Gasteiger partial charge is 0.338 e. The van der Waals surface area contributed by atoms with Gasteiger partial charge in [0, 0.05) is 28.7 Å². The summed E-state index contributed by atoms with van der Waals surface area (Å²) in [5, 5.41) is 28.0. The van der Waals surface area contributed by atoms with E-state index in [0.29, 0.717) is 34.3 Å². The second-order valence-electron chi connectivity index (χ2n) is 16.6. The van der Waals surface area contributed by atoms with Gasteiger partial charge in [0.1, 0.15) is 23.9 Å². The Hall–Kier alpha value is -4.61. The maximum Gasteiger partial charge on any atom is 0.338 e. The molecule has 1 saturated heterocycles. The Morgan fingerprint density at radius 3 is 2.07 bits per heavy atom. The predicted octanol–water partition coefficient (Wildman–Crippen LogP) is 6.64. The number of hydrogen-bond acceptors (Lipinski definition) is 9. The van der Waals surface area contributed by atoms with Gasteiger partial charge < -0.3 is 34.5 Å². The number of amides is 1. The SMILES string of the molecule is CC1=C2[C@H]3OC(C)(C)O[C@@H]3[C@]3(C)CCC=C[C@H]3[C@H](OC(=O)c3ccccc3)[C@](O)(CC1OC(=O)[C@H](O)[C@@H](NC(=O)c1ccccc1)c1ccccc1)C2(C)C. The Labute approximate surface area is 322 Å². The van der Waals surface area contributed by atoms with Crippen LogP contribution in [0.15, 0.2) is 114 Å². The Bertz CT molecular complexity index is 1980. The Balaban J connectivity index is 1.30. The van der Waals surface area contributed by atoms with E-state index >= 15 is 0 Å². The number of allylic oxidation sites excluding steroid dienone is 1. The van der Waals surface area contributed by atoms with E-state index in [-0.39, 0.29) is 6.42 Å². The van der Waals surface area contributed by atoms with Gasteiger partial charge in [-0.25, -0.2) is 9.59 Å². The zero-order valence-corrected chi connectivity index (χ0v) is 32.2. The number of nitrogens with one attached hydrogen (secondary N) is 1. The van der Waals surface area contributed by atoms with Crippen LogP contribution in [0.2, 0.25) is 0 Å². The first-order valence-electron chi connectivity index (χ1n) is 19.1. The summed E-state index contributed by atoms with van der Waals surface area (Å²) in [5.41, 5.74) is -0.994. The van der Waals surface area contributed by atoms with Crippen LogP contribution < -0.4 is 5.32 Å². The van der Waals surface area contributed by atoms with E-state index < -0.39 is 82.5 Å². The Kier molecular flexibility index (Phi) is 10.2. The van der Waals surface area contributed by atoms with Gasteiger partial charge in [-0.1, -0.05) is 99.7 Å². The lowest BCUT2D eigenvalue weighted by atomic mass is 9.49. The molecule has 0 spiro atoms. The average Bonchev–Trinajstić information content (AvgIpc) is 3.50. The highest BCUT2D eigenvalue weighted by Crippen LogP contribution is 2.62. The van der Waals surface area contributed by atoms with Crippen LogP contribution in [0.3, 0.4) is 0 Å². The lowest BCUT2D eigenvalue weighted by Gasteiger charge is -2.60. The minimum Gasteiger partial charge on any atom is -0.456 e. The summed E-state index contributed by atoms with van der Waals surface area (Å²) in [4.78, 5) is 41.5. The number of rotatable bonds is 8. The number of benzene rings is 3.